The molecule has 2 heterocycles. The van der Waals surface area contributed by atoms with Crippen LogP contribution in [0.2, 0.25) is 0 Å². The smallest absolute Gasteiger partial charge is 0.239 e. The second-order valence-electron chi connectivity index (χ2n) is 4.41. The molecule has 0 unspecified atom stereocenters. The summed E-state index contributed by atoms with van der Waals surface area (Å²) < 4.78 is 0. The van der Waals surface area contributed by atoms with Crippen molar-refractivity contribution in [2.24, 2.45) is 0 Å². The van der Waals surface area contributed by atoms with Gasteiger partial charge in [-0.25, -0.2) is 0 Å². The predicted molar refractivity (Wildman–Crippen MR) is 59.7 cm³/mol. The summed E-state index contributed by atoms with van der Waals surface area (Å²) in [6.07, 6.45) is 2.16. The van der Waals surface area contributed by atoms with Crippen LogP contribution in [0.1, 0.15) is 19.8 Å². The van der Waals surface area contributed by atoms with E-state index in [1.807, 2.05) is 4.90 Å². The maximum atomic E-state index is 12.0. The first-order chi connectivity index (χ1) is 7.31. The van der Waals surface area contributed by atoms with Crippen LogP contribution in [-0.4, -0.2) is 61.0 Å². The van der Waals surface area contributed by atoms with E-state index in [1.54, 1.807) is 0 Å². The molecule has 2 saturated heterocycles. The number of carbonyl (C=O) groups is 1. The lowest BCUT2D eigenvalue weighted by Gasteiger charge is -2.35. The Labute approximate surface area is 91.6 Å². The lowest BCUT2D eigenvalue weighted by atomic mass is 10.2. The van der Waals surface area contributed by atoms with E-state index in [4.69, 9.17) is 0 Å². The van der Waals surface area contributed by atoms with Gasteiger partial charge in [-0.05, 0) is 25.9 Å². The summed E-state index contributed by atoms with van der Waals surface area (Å²) in [5.41, 5.74) is 0. The zero-order valence-corrected chi connectivity index (χ0v) is 9.54. The van der Waals surface area contributed by atoms with E-state index < -0.39 is 0 Å². The van der Waals surface area contributed by atoms with Gasteiger partial charge in [0, 0.05) is 26.2 Å². The number of likely N-dealkylation sites (N-methyl/N-ethyl adjacent to an activating group) is 1. The minimum absolute atomic E-state index is 0.109. The third-order valence-corrected chi connectivity index (χ3v) is 3.49. The molecule has 0 aliphatic carbocycles. The molecule has 2 aliphatic rings. The fourth-order valence-electron chi connectivity index (χ4n) is 2.40. The van der Waals surface area contributed by atoms with Crippen LogP contribution in [0.15, 0.2) is 0 Å². The van der Waals surface area contributed by atoms with E-state index >= 15 is 0 Å². The van der Waals surface area contributed by atoms with Crippen LogP contribution in [0.4, 0.5) is 0 Å². The van der Waals surface area contributed by atoms with Crippen molar-refractivity contribution in [2.75, 3.05) is 39.3 Å². The minimum atomic E-state index is 0.109. The van der Waals surface area contributed by atoms with Gasteiger partial charge in [0.05, 0.1) is 6.04 Å². The van der Waals surface area contributed by atoms with Crippen LogP contribution >= 0.6 is 0 Å². The normalized spacial score (nSPS) is 28.3. The lowest BCUT2D eigenvalue weighted by Crippen LogP contribution is -2.52. The SMILES string of the molecule is CCN1CCN(C(=O)[C@H]2CCCN2)CC1. The van der Waals surface area contributed by atoms with Crippen molar-refractivity contribution in [3.05, 3.63) is 0 Å². The number of carbonyl (C=O) groups excluding carboxylic acids is 1. The monoisotopic (exact) mass is 211 g/mol. The van der Waals surface area contributed by atoms with Crippen LogP contribution in [0, 0.1) is 0 Å². The Balaban J connectivity index is 1.81. The topological polar surface area (TPSA) is 35.6 Å². The van der Waals surface area contributed by atoms with E-state index in [9.17, 15) is 4.79 Å². The first-order valence-electron chi connectivity index (χ1n) is 6.06. The zero-order chi connectivity index (χ0) is 10.7. The van der Waals surface area contributed by atoms with Gasteiger partial charge in [0.15, 0.2) is 0 Å². The van der Waals surface area contributed by atoms with Crippen molar-refractivity contribution in [3.8, 4) is 0 Å². The highest BCUT2D eigenvalue weighted by Crippen LogP contribution is 2.10. The molecule has 0 bridgehead atoms. The van der Waals surface area contributed by atoms with Crippen molar-refractivity contribution in [3.63, 3.8) is 0 Å². The molecule has 0 saturated carbocycles. The van der Waals surface area contributed by atoms with Gasteiger partial charge >= 0.3 is 0 Å². The molecule has 4 nitrogen and oxygen atoms in total. The first kappa shape index (κ1) is 10.9. The Kier molecular flexibility index (Phi) is 3.59. The average molecular weight is 211 g/mol. The third kappa shape index (κ3) is 2.49. The summed E-state index contributed by atoms with van der Waals surface area (Å²) in [6, 6.07) is 0.109. The molecule has 86 valence electrons. The Hall–Kier alpha value is -0.610. The molecule has 0 radical (unpaired) electrons. The fourth-order valence-corrected chi connectivity index (χ4v) is 2.40. The molecular weight excluding hydrogens is 190 g/mol. The maximum absolute atomic E-state index is 12.0. The molecule has 0 aromatic carbocycles. The molecule has 1 amide bonds. The van der Waals surface area contributed by atoms with Crippen molar-refractivity contribution >= 4 is 5.91 Å². The number of piperazine rings is 1. The summed E-state index contributed by atoms with van der Waals surface area (Å²) >= 11 is 0. The Morgan fingerprint density at radius 1 is 1.33 bits per heavy atom. The fraction of sp³-hybridized carbons (Fsp3) is 0.909. The summed E-state index contributed by atoms with van der Waals surface area (Å²) in [5, 5.41) is 3.27. The van der Waals surface area contributed by atoms with Crippen LogP contribution in [0.25, 0.3) is 0 Å². The van der Waals surface area contributed by atoms with Gasteiger partial charge < -0.3 is 15.1 Å². The summed E-state index contributed by atoms with van der Waals surface area (Å²) in [7, 11) is 0. The van der Waals surface area contributed by atoms with E-state index in [1.165, 1.54) is 0 Å². The molecule has 0 aromatic heterocycles. The molecule has 0 aromatic rings. The van der Waals surface area contributed by atoms with E-state index in [-0.39, 0.29) is 6.04 Å². The van der Waals surface area contributed by atoms with Crippen molar-refractivity contribution in [1.29, 1.82) is 0 Å². The van der Waals surface area contributed by atoms with Gasteiger partial charge in [0.1, 0.15) is 0 Å². The van der Waals surface area contributed by atoms with Crippen molar-refractivity contribution in [1.82, 2.24) is 15.1 Å². The highest BCUT2D eigenvalue weighted by atomic mass is 16.2. The van der Waals surface area contributed by atoms with Gasteiger partial charge in [-0.15, -0.1) is 0 Å². The molecule has 1 atom stereocenters. The number of nitrogens with one attached hydrogen (secondary N) is 1. The minimum Gasteiger partial charge on any atom is -0.339 e. The standard InChI is InChI=1S/C11H21N3O/c1-2-13-6-8-14(9-7-13)11(15)10-4-3-5-12-10/h10,12H,2-9H2,1H3/t10-/m1/s1. The Morgan fingerprint density at radius 3 is 2.60 bits per heavy atom. The number of hydrogen-bond donors (Lipinski definition) is 1. The Morgan fingerprint density at radius 2 is 2.07 bits per heavy atom. The van der Waals surface area contributed by atoms with Gasteiger partial charge in [0.2, 0.25) is 5.91 Å². The van der Waals surface area contributed by atoms with Gasteiger partial charge in [0.25, 0.3) is 0 Å². The van der Waals surface area contributed by atoms with Crippen LogP contribution in [0.5, 0.6) is 0 Å². The van der Waals surface area contributed by atoms with E-state index in [0.717, 1.165) is 52.1 Å². The second kappa shape index (κ2) is 4.94. The molecular formula is C11H21N3O. The largest absolute Gasteiger partial charge is 0.339 e. The lowest BCUT2D eigenvalue weighted by molar-refractivity contribution is -0.134. The number of nitrogens with zero attached hydrogens (tertiary/aromatic N) is 2. The number of amides is 1. The molecule has 2 fully saturated rings. The Bertz CT molecular complexity index is 218. The highest BCUT2D eigenvalue weighted by molar-refractivity contribution is 5.82. The van der Waals surface area contributed by atoms with Crippen molar-refractivity contribution < 1.29 is 4.79 Å². The second-order valence-corrected chi connectivity index (χ2v) is 4.41. The van der Waals surface area contributed by atoms with Crippen LogP contribution < -0.4 is 5.32 Å². The maximum Gasteiger partial charge on any atom is 0.239 e. The van der Waals surface area contributed by atoms with Gasteiger partial charge in [-0.1, -0.05) is 6.92 Å². The summed E-state index contributed by atoms with van der Waals surface area (Å²) in [4.78, 5) is 16.5. The zero-order valence-electron chi connectivity index (χ0n) is 9.54. The van der Waals surface area contributed by atoms with Gasteiger partial charge in [-0.3, -0.25) is 4.79 Å². The van der Waals surface area contributed by atoms with E-state index in [2.05, 4.69) is 17.1 Å². The molecule has 1 N–H and O–H groups in total. The third-order valence-electron chi connectivity index (χ3n) is 3.49. The quantitative estimate of drug-likeness (QED) is 0.693. The summed E-state index contributed by atoms with van der Waals surface area (Å²) in [5.74, 6) is 0.322. The predicted octanol–water partition coefficient (Wildman–Crippen LogP) is -0.0975. The van der Waals surface area contributed by atoms with E-state index in [0.29, 0.717) is 5.91 Å². The average Bonchev–Trinajstić information content (AvgIpc) is 2.82. The molecule has 0 spiro atoms. The molecule has 15 heavy (non-hydrogen) atoms. The number of rotatable bonds is 2. The summed E-state index contributed by atoms with van der Waals surface area (Å²) in [6.45, 7) is 8.17. The van der Waals surface area contributed by atoms with Crippen LogP contribution in [0.3, 0.4) is 0 Å². The number of hydrogen-bond acceptors (Lipinski definition) is 3. The van der Waals surface area contributed by atoms with Gasteiger partial charge in [-0.2, -0.15) is 0 Å². The van der Waals surface area contributed by atoms with Crippen LogP contribution in [-0.2, 0) is 4.79 Å². The van der Waals surface area contributed by atoms with Crippen molar-refractivity contribution in [2.45, 2.75) is 25.8 Å². The molecule has 4 heteroatoms. The first-order valence-corrected chi connectivity index (χ1v) is 6.06. The molecule has 2 rings (SSSR count). The highest BCUT2D eigenvalue weighted by Gasteiger charge is 2.28. The molecule has 2 aliphatic heterocycles.